The zero-order valence-corrected chi connectivity index (χ0v) is 52.9. The van der Waals surface area contributed by atoms with E-state index in [4.69, 9.17) is 58.0 Å². The zero-order valence-electron chi connectivity index (χ0n) is 45.9. The maximum atomic E-state index is 13.3. The van der Waals surface area contributed by atoms with Gasteiger partial charge in [0.25, 0.3) is 0 Å². The molecule has 4 atom stereocenters. The van der Waals surface area contributed by atoms with Gasteiger partial charge in [-0.25, -0.2) is 64.1 Å². The van der Waals surface area contributed by atoms with Crippen molar-refractivity contribution in [3.8, 4) is 0 Å². The number of carbonyl (C=O) groups is 4. The Bertz CT molecular complexity index is 3060. The number of hydrogen-bond acceptors (Lipinski definition) is 12. The molecule has 20 nitrogen and oxygen atoms in total. The van der Waals surface area contributed by atoms with E-state index in [2.05, 4.69) is 21.3 Å². The standard InChI is InChI=1S/C13H16Cl2N2O3S.3C13H16ClFN2O3S/c1-21(19,20)17-6-2-3-9(8-17)13(18)16-10-4-5-11(14)12(15)7-10;1-21(19,20)17-6-2-3-9(8-17)13(18)16-10-4-5-12(15)11(14)7-10;2*1-21(19,20)17-6-2-3-9(8-17)13(18)16-10-4-5-11(14)12(15)7-10/h4*4-5,7,9H,2-3,6,8H2,1H3,(H,16,18)/t4*9-/m0000/s1. The van der Waals surface area contributed by atoms with E-state index in [9.17, 15) is 66.0 Å². The summed E-state index contributed by atoms with van der Waals surface area (Å²) in [5, 5.41) is 11.2. The molecule has 4 N–H and O–H groups in total. The summed E-state index contributed by atoms with van der Waals surface area (Å²) in [4.78, 5) is 48.7. The van der Waals surface area contributed by atoms with Crippen LogP contribution in [0.5, 0.6) is 0 Å². The molecular formula is C52H64Cl5F3N8O12S4. The van der Waals surface area contributed by atoms with Crippen LogP contribution in [-0.2, 0) is 59.3 Å². The average molecular weight is 1360 g/mol. The first-order valence-corrected chi connectivity index (χ1v) is 35.2. The van der Waals surface area contributed by atoms with Gasteiger partial charge < -0.3 is 21.3 Å². The molecule has 0 unspecified atom stereocenters. The summed E-state index contributed by atoms with van der Waals surface area (Å²) < 4.78 is 137. The van der Waals surface area contributed by atoms with Crippen molar-refractivity contribution in [3.63, 3.8) is 0 Å². The lowest BCUT2D eigenvalue weighted by molar-refractivity contribution is -0.121. The monoisotopic (exact) mass is 1350 g/mol. The van der Waals surface area contributed by atoms with Crippen LogP contribution in [0, 0.1) is 41.1 Å². The van der Waals surface area contributed by atoms with Crippen molar-refractivity contribution in [2.45, 2.75) is 51.4 Å². The summed E-state index contributed by atoms with van der Waals surface area (Å²) in [6, 6.07) is 16.7. The molecule has 84 heavy (non-hydrogen) atoms. The van der Waals surface area contributed by atoms with E-state index in [0.717, 1.165) is 37.2 Å². The highest BCUT2D eigenvalue weighted by atomic mass is 35.5. The molecule has 4 aliphatic heterocycles. The van der Waals surface area contributed by atoms with Gasteiger partial charge in [0.1, 0.15) is 17.5 Å². The third-order valence-electron chi connectivity index (χ3n) is 13.6. The second-order valence-corrected chi connectivity index (χ2v) is 30.3. The van der Waals surface area contributed by atoms with Gasteiger partial charge in [-0.15, -0.1) is 0 Å². The van der Waals surface area contributed by atoms with Gasteiger partial charge >= 0.3 is 0 Å². The predicted octanol–water partition coefficient (Wildman–Crippen LogP) is 8.87. The van der Waals surface area contributed by atoms with Crippen molar-refractivity contribution >= 4 is 144 Å². The van der Waals surface area contributed by atoms with Gasteiger partial charge in [0.2, 0.25) is 63.7 Å². The smallest absolute Gasteiger partial charge is 0.228 e. The van der Waals surface area contributed by atoms with Gasteiger partial charge in [-0.2, -0.15) is 0 Å². The molecule has 4 aliphatic rings. The lowest BCUT2D eigenvalue weighted by Crippen LogP contribution is -2.43. The fraction of sp³-hybridized carbons (Fsp3) is 0.462. The van der Waals surface area contributed by atoms with Crippen molar-refractivity contribution in [2.24, 2.45) is 23.7 Å². The maximum Gasteiger partial charge on any atom is 0.228 e. The van der Waals surface area contributed by atoms with Crippen molar-refractivity contribution in [3.05, 3.63) is 115 Å². The van der Waals surface area contributed by atoms with Gasteiger partial charge in [-0.3, -0.25) is 19.2 Å². The first kappa shape index (κ1) is 70.4. The Kier molecular flexibility index (Phi) is 26.0. The van der Waals surface area contributed by atoms with Crippen molar-refractivity contribution in [1.82, 2.24) is 17.2 Å². The highest BCUT2D eigenvalue weighted by Crippen LogP contribution is 2.29. The SMILES string of the molecule is CS(=O)(=O)N1CCC[C@H](C(=O)Nc2ccc(Cl)c(Cl)c2)C1.CS(=O)(=O)N1CCC[C@H](C(=O)Nc2ccc(Cl)c(F)c2)C1.CS(=O)(=O)N1CCC[C@H](C(=O)Nc2ccc(Cl)c(F)c2)C1.CS(=O)(=O)N1CCC[C@H](C(=O)Nc2ccc(F)c(Cl)c2)C1. The summed E-state index contributed by atoms with van der Waals surface area (Å²) in [5.74, 6) is -4.56. The number of rotatable bonds is 12. The van der Waals surface area contributed by atoms with E-state index in [1.165, 1.54) is 59.7 Å². The molecule has 0 bridgehead atoms. The van der Waals surface area contributed by atoms with Crippen LogP contribution >= 0.6 is 58.0 Å². The number of nitrogens with one attached hydrogen (secondary N) is 4. The van der Waals surface area contributed by atoms with E-state index < -0.39 is 75.3 Å². The number of benzene rings is 4. The van der Waals surface area contributed by atoms with Crippen LogP contribution in [0.2, 0.25) is 25.1 Å². The Morgan fingerprint density at radius 3 is 0.869 bits per heavy atom. The van der Waals surface area contributed by atoms with Crippen molar-refractivity contribution < 1.29 is 66.0 Å². The largest absolute Gasteiger partial charge is 0.326 e. The Labute approximate surface area is 513 Å². The Balaban J connectivity index is 0.000000205. The summed E-state index contributed by atoms with van der Waals surface area (Å²) >= 11 is 28.5. The normalized spacial score (nSPS) is 20.2. The summed E-state index contributed by atoms with van der Waals surface area (Å²) in [7, 11) is -13.2. The van der Waals surface area contributed by atoms with Crippen LogP contribution in [-0.4, -0.2) is 152 Å². The summed E-state index contributed by atoms with van der Waals surface area (Å²) in [5.41, 5.74) is 1.55. The minimum absolute atomic E-state index is 0.0195. The molecule has 32 heteroatoms. The highest BCUT2D eigenvalue weighted by molar-refractivity contribution is 7.89. The first-order chi connectivity index (χ1) is 39.1. The number of sulfonamides is 4. The molecule has 4 heterocycles. The minimum Gasteiger partial charge on any atom is -0.326 e. The van der Waals surface area contributed by atoms with Gasteiger partial charge in [0, 0.05) is 75.1 Å². The average Bonchev–Trinajstić information content (AvgIpc) is 3.41. The van der Waals surface area contributed by atoms with E-state index >= 15 is 0 Å². The summed E-state index contributed by atoms with van der Waals surface area (Å²) in [6.07, 6.45) is 9.60. The topological polar surface area (TPSA) is 266 Å². The van der Waals surface area contributed by atoms with Gasteiger partial charge in [0.15, 0.2) is 0 Å². The third kappa shape index (κ3) is 22.1. The molecule has 4 fully saturated rings. The van der Waals surface area contributed by atoms with E-state index in [0.29, 0.717) is 110 Å². The van der Waals surface area contributed by atoms with Crippen LogP contribution in [0.15, 0.2) is 72.8 Å². The molecule has 464 valence electrons. The number of nitrogens with zero attached hydrogens (tertiary/aromatic N) is 4. The lowest BCUT2D eigenvalue weighted by atomic mass is 9.98. The number of amides is 4. The predicted molar refractivity (Wildman–Crippen MR) is 322 cm³/mol. The van der Waals surface area contributed by atoms with Gasteiger partial charge in [-0.1, -0.05) is 58.0 Å². The lowest BCUT2D eigenvalue weighted by Gasteiger charge is -2.30. The van der Waals surface area contributed by atoms with Crippen LogP contribution in [0.25, 0.3) is 0 Å². The number of anilines is 4. The van der Waals surface area contributed by atoms with Crippen LogP contribution in [0.1, 0.15) is 51.4 Å². The molecule has 8 rings (SSSR count). The number of halogens is 8. The Hall–Kier alpha value is -4.36. The molecular weight excluding hydrogens is 1290 g/mol. The molecule has 4 aromatic rings. The third-order valence-corrected chi connectivity index (χ3v) is 20.4. The van der Waals surface area contributed by atoms with Gasteiger partial charge in [0.05, 0.1) is 73.8 Å². The molecule has 0 spiro atoms. The second-order valence-electron chi connectivity index (χ2n) is 20.3. The number of piperidine rings is 4. The van der Waals surface area contributed by atoms with Crippen molar-refractivity contribution in [1.29, 1.82) is 0 Å². The fourth-order valence-electron chi connectivity index (χ4n) is 9.10. The molecule has 0 radical (unpaired) electrons. The van der Waals surface area contributed by atoms with Crippen LogP contribution < -0.4 is 21.3 Å². The van der Waals surface area contributed by atoms with Crippen molar-refractivity contribution in [2.75, 3.05) is 98.6 Å². The molecule has 0 aliphatic carbocycles. The van der Waals surface area contributed by atoms with E-state index in [1.807, 2.05) is 0 Å². The first-order valence-electron chi connectivity index (χ1n) is 25.9. The molecule has 4 amide bonds. The van der Waals surface area contributed by atoms with E-state index in [1.54, 1.807) is 18.2 Å². The summed E-state index contributed by atoms with van der Waals surface area (Å²) in [6.45, 7) is 2.45. The number of hydrogen-bond donors (Lipinski definition) is 4. The fourth-order valence-corrected chi connectivity index (χ4v) is 13.5. The number of carbonyl (C=O) groups excluding carboxylic acids is 4. The van der Waals surface area contributed by atoms with Gasteiger partial charge in [-0.05, 0) is 124 Å². The van der Waals surface area contributed by atoms with E-state index in [-0.39, 0.29) is 70.8 Å². The van der Waals surface area contributed by atoms with Crippen LogP contribution in [0.3, 0.4) is 0 Å². The maximum absolute atomic E-state index is 13.3. The zero-order chi connectivity index (χ0) is 62.5. The Morgan fingerprint density at radius 1 is 0.369 bits per heavy atom. The second kappa shape index (κ2) is 31.0. The molecule has 0 saturated carbocycles. The molecule has 4 saturated heterocycles. The van der Waals surface area contributed by atoms with Crippen LogP contribution in [0.4, 0.5) is 35.9 Å². The quantitative estimate of drug-likeness (QED) is 0.104. The Morgan fingerprint density at radius 2 is 0.619 bits per heavy atom. The minimum atomic E-state index is -3.30. The molecule has 0 aromatic heterocycles. The highest BCUT2D eigenvalue weighted by Gasteiger charge is 2.34. The molecule has 4 aromatic carbocycles.